The molecule has 0 aromatic carbocycles. The van der Waals surface area contributed by atoms with Crippen LogP contribution in [-0.2, 0) is 9.59 Å². The van der Waals surface area contributed by atoms with Crippen molar-refractivity contribution in [3.8, 4) is 0 Å². The number of carboxylic acid groups (broad SMARTS) is 1. The molecule has 1 rings (SSSR count). The van der Waals surface area contributed by atoms with Crippen LogP contribution in [0, 0.1) is 0 Å². The molecule has 0 aromatic heterocycles. The van der Waals surface area contributed by atoms with Crippen LogP contribution in [0.5, 0.6) is 0 Å². The second-order valence-corrected chi connectivity index (χ2v) is 4.97. The normalized spacial score (nSPS) is 16.4. The summed E-state index contributed by atoms with van der Waals surface area (Å²) in [4.78, 5) is 35.8. The fourth-order valence-corrected chi connectivity index (χ4v) is 2.16. The molecule has 0 radical (unpaired) electrons. The number of aliphatic carboxylic acids is 1. The minimum Gasteiger partial charge on any atom is -0.481 e. The van der Waals surface area contributed by atoms with Gasteiger partial charge in [-0.3, -0.25) is 9.59 Å². The standard InChI is InChI=1S/C13H23N3O4/c1-2-10(8-12(18)19)15-13(20)14-9-11(17)16-6-4-3-5-7-16/h10H,2-9H2,1H3,(H,18,19)(H2,14,15,20). The second kappa shape index (κ2) is 8.39. The molecule has 1 atom stereocenters. The molecule has 1 aliphatic heterocycles. The molecule has 0 aliphatic carbocycles. The van der Waals surface area contributed by atoms with Crippen LogP contribution in [0.15, 0.2) is 0 Å². The monoisotopic (exact) mass is 285 g/mol. The van der Waals surface area contributed by atoms with Gasteiger partial charge >= 0.3 is 12.0 Å². The topological polar surface area (TPSA) is 98.7 Å². The van der Waals surface area contributed by atoms with E-state index in [2.05, 4.69) is 10.6 Å². The second-order valence-electron chi connectivity index (χ2n) is 4.97. The van der Waals surface area contributed by atoms with Crippen molar-refractivity contribution in [2.24, 2.45) is 0 Å². The van der Waals surface area contributed by atoms with Crippen molar-refractivity contribution >= 4 is 17.9 Å². The Morgan fingerprint density at radius 1 is 1.20 bits per heavy atom. The van der Waals surface area contributed by atoms with E-state index in [1.54, 1.807) is 11.8 Å². The molecule has 3 amide bonds. The van der Waals surface area contributed by atoms with Crippen LogP contribution < -0.4 is 10.6 Å². The van der Waals surface area contributed by atoms with Crippen LogP contribution >= 0.6 is 0 Å². The molecule has 0 spiro atoms. The number of urea groups is 1. The molecule has 7 heteroatoms. The summed E-state index contributed by atoms with van der Waals surface area (Å²) in [5, 5.41) is 13.7. The van der Waals surface area contributed by atoms with Crippen molar-refractivity contribution in [3.05, 3.63) is 0 Å². The zero-order valence-electron chi connectivity index (χ0n) is 11.9. The first-order valence-electron chi connectivity index (χ1n) is 7.06. The molecule has 1 aliphatic rings. The lowest BCUT2D eigenvalue weighted by Crippen LogP contribution is -2.47. The highest BCUT2D eigenvalue weighted by Crippen LogP contribution is 2.08. The van der Waals surface area contributed by atoms with E-state index in [0.717, 1.165) is 32.4 Å². The molecule has 1 saturated heterocycles. The molecule has 20 heavy (non-hydrogen) atoms. The van der Waals surface area contributed by atoms with Crippen LogP contribution in [-0.4, -0.2) is 53.6 Å². The number of amides is 3. The molecule has 1 fully saturated rings. The summed E-state index contributed by atoms with van der Waals surface area (Å²) >= 11 is 0. The van der Waals surface area contributed by atoms with Gasteiger partial charge in [-0.2, -0.15) is 0 Å². The molecule has 3 N–H and O–H groups in total. The van der Waals surface area contributed by atoms with Gasteiger partial charge in [0.25, 0.3) is 0 Å². The first-order valence-corrected chi connectivity index (χ1v) is 7.06. The van der Waals surface area contributed by atoms with Gasteiger partial charge in [0.2, 0.25) is 5.91 Å². The van der Waals surface area contributed by atoms with Gasteiger partial charge < -0.3 is 20.6 Å². The van der Waals surface area contributed by atoms with Crippen LogP contribution in [0.4, 0.5) is 4.79 Å². The molecule has 114 valence electrons. The quantitative estimate of drug-likeness (QED) is 0.663. The number of rotatable bonds is 6. The molecule has 0 saturated carbocycles. The van der Waals surface area contributed by atoms with E-state index >= 15 is 0 Å². The highest BCUT2D eigenvalue weighted by Gasteiger charge is 2.18. The minimum absolute atomic E-state index is 0.0463. The van der Waals surface area contributed by atoms with Crippen molar-refractivity contribution in [2.45, 2.75) is 45.1 Å². The first kappa shape index (κ1) is 16.3. The number of nitrogens with one attached hydrogen (secondary N) is 2. The van der Waals surface area contributed by atoms with Gasteiger partial charge in [0.05, 0.1) is 13.0 Å². The third-order valence-corrected chi connectivity index (χ3v) is 3.36. The largest absolute Gasteiger partial charge is 0.481 e. The van der Waals surface area contributed by atoms with E-state index in [9.17, 15) is 14.4 Å². The molecule has 1 unspecified atom stereocenters. The Labute approximate surface area is 118 Å². The highest BCUT2D eigenvalue weighted by atomic mass is 16.4. The van der Waals surface area contributed by atoms with Crippen molar-refractivity contribution < 1.29 is 19.5 Å². The summed E-state index contributed by atoms with van der Waals surface area (Å²) in [6.45, 7) is 3.25. The summed E-state index contributed by atoms with van der Waals surface area (Å²) in [6.07, 6.45) is 3.57. The molecular weight excluding hydrogens is 262 g/mol. The van der Waals surface area contributed by atoms with Crippen molar-refractivity contribution in [3.63, 3.8) is 0 Å². The number of carbonyl (C=O) groups excluding carboxylic acids is 2. The number of likely N-dealkylation sites (tertiary alicyclic amines) is 1. The van der Waals surface area contributed by atoms with Crippen molar-refractivity contribution in [1.82, 2.24) is 15.5 Å². The molecule has 7 nitrogen and oxygen atoms in total. The van der Waals surface area contributed by atoms with E-state index in [0.29, 0.717) is 6.42 Å². The van der Waals surface area contributed by atoms with E-state index < -0.39 is 18.0 Å². The Morgan fingerprint density at radius 3 is 2.40 bits per heavy atom. The predicted octanol–water partition coefficient (Wildman–Crippen LogP) is 0.551. The Bertz CT molecular complexity index is 354. The van der Waals surface area contributed by atoms with Crippen LogP contribution in [0.2, 0.25) is 0 Å². The summed E-state index contributed by atoms with van der Waals surface area (Å²) < 4.78 is 0. The summed E-state index contributed by atoms with van der Waals surface area (Å²) in [7, 11) is 0. The van der Waals surface area contributed by atoms with Gasteiger partial charge in [-0.25, -0.2) is 4.79 Å². The lowest BCUT2D eigenvalue weighted by atomic mass is 10.1. The zero-order chi connectivity index (χ0) is 15.0. The predicted molar refractivity (Wildman–Crippen MR) is 73.3 cm³/mol. The van der Waals surface area contributed by atoms with Gasteiger partial charge in [-0.1, -0.05) is 6.92 Å². The number of nitrogens with zero attached hydrogens (tertiary/aromatic N) is 1. The van der Waals surface area contributed by atoms with Crippen LogP contribution in [0.25, 0.3) is 0 Å². The van der Waals surface area contributed by atoms with Gasteiger partial charge in [0.1, 0.15) is 0 Å². The third kappa shape index (κ3) is 5.90. The van der Waals surface area contributed by atoms with Crippen LogP contribution in [0.1, 0.15) is 39.0 Å². The lowest BCUT2D eigenvalue weighted by Gasteiger charge is -2.26. The number of carboxylic acids is 1. The fraction of sp³-hybridized carbons (Fsp3) is 0.769. The van der Waals surface area contributed by atoms with E-state index in [4.69, 9.17) is 5.11 Å². The number of carbonyl (C=O) groups is 3. The number of hydrogen-bond acceptors (Lipinski definition) is 3. The maximum Gasteiger partial charge on any atom is 0.315 e. The number of hydrogen-bond donors (Lipinski definition) is 3. The maximum absolute atomic E-state index is 11.8. The molecule has 1 heterocycles. The lowest BCUT2D eigenvalue weighted by molar-refractivity contribution is -0.137. The Balaban J connectivity index is 2.27. The smallest absolute Gasteiger partial charge is 0.315 e. The van der Waals surface area contributed by atoms with E-state index in [1.807, 2.05) is 0 Å². The highest BCUT2D eigenvalue weighted by molar-refractivity contribution is 5.84. The first-order chi connectivity index (χ1) is 9.52. The number of piperidine rings is 1. The van der Waals surface area contributed by atoms with E-state index in [1.165, 1.54) is 0 Å². The Morgan fingerprint density at radius 2 is 1.85 bits per heavy atom. The van der Waals surface area contributed by atoms with Gasteiger partial charge in [-0.05, 0) is 25.7 Å². The average molecular weight is 285 g/mol. The SMILES string of the molecule is CCC(CC(=O)O)NC(=O)NCC(=O)N1CCCCC1. The maximum atomic E-state index is 11.8. The molecule has 0 bridgehead atoms. The third-order valence-electron chi connectivity index (χ3n) is 3.36. The Kier molecular flexibility index (Phi) is 6.83. The van der Waals surface area contributed by atoms with Gasteiger partial charge in [-0.15, -0.1) is 0 Å². The minimum atomic E-state index is -0.957. The summed E-state index contributed by atoms with van der Waals surface area (Å²) in [5.41, 5.74) is 0. The molecule has 0 aromatic rings. The zero-order valence-corrected chi connectivity index (χ0v) is 11.9. The Hall–Kier alpha value is -1.79. The molecular formula is C13H23N3O4. The van der Waals surface area contributed by atoms with Crippen molar-refractivity contribution in [1.29, 1.82) is 0 Å². The summed E-state index contributed by atoms with van der Waals surface area (Å²) in [6, 6.07) is -0.916. The van der Waals surface area contributed by atoms with E-state index in [-0.39, 0.29) is 18.9 Å². The van der Waals surface area contributed by atoms with Crippen molar-refractivity contribution in [2.75, 3.05) is 19.6 Å². The fourth-order valence-electron chi connectivity index (χ4n) is 2.16. The average Bonchev–Trinajstić information content (AvgIpc) is 2.44. The summed E-state index contributed by atoms with van der Waals surface area (Å²) in [5.74, 6) is -1.05. The van der Waals surface area contributed by atoms with Crippen LogP contribution in [0.3, 0.4) is 0 Å². The van der Waals surface area contributed by atoms with Gasteiger partial charge in [0, 0.05) is 19.1 Å². The van der Waals surface area contributed by atoms with Gasteiger partial charge in [0.15, 0.2) is 0 Å².